The van der Waals surface area contributed by atoms with Crippen molar-refractivity contribution >= 4 is 75.1 Å². The SMILES string of the molecule is c1ccc(-c2ccc(-n3c4ccccc4c4cc(-c5ccc6c(c5)c5ccccc5n6-c5cccc(-c6cccc7sc8ccccc8c67)c5)ccc43)cc2)cc1. The molecule has 0 radical (unpaired) electrons. The molecule has 0 N–H and O–H groups in total. The maximum atomic E-state index is 2.43. The zero-order valence-electron chi connectivity index (χ0n) is 30.9. The molecule has 9 aromatic carbocycles. The lowest BCUT2D eigenvalue weighted by Gasteiger charge is -2.12. The second-order valence-corrected chi connectivity index (χ2v) is 16.0. The van der Waals surface area contributed by atoms with Crippen LogP contribution in [-0.2, 0) is 0 Å². The van der Waals surface area contributed by atoms with Gasteiger partial charge in [-0.3, -0.25) is 0 Å². The van der Waals surface area contributed by atoms with Gasteiger partial charge in [-0.05, 0) is 106 Å². The maximum absolute atomic E-state index is 2.43. The number of thiophene rings is 1. The predicted molar refractivity (Wildman–Crippen MR) is 244 cm³/mol. The van der Waals surface area contributed by atoms with Crippen molar-refractivity contribution in [2.45, 2.75) is 0 Å². The van der Waals surface area contributed by atoms with Gasteiger partial charge in [0.2, 0.25) is 0 Å². The fraction of sp³-hybridized carbons (Fsp3) is 0. The van der Waals surface area contributed by atoms with Crippen LogP contribution < -0.4 is 0 Å². The molecule has 0 saturated heterocycles. The van der Waals surface area contributed by atoms with Gasteiger partial charge in [0.25, 0.3) is 0 Å². The number of rotatable bonds is 5. The Morgan fingerprint density at radius 2 is 0.789 bits per heavy atom. The van der Waals surface area contributed by atoms with Gasteiger partial charge in [0.1, 0.15) is 0 Å². The van der Waals surface area contributed by atoms with E-state index in [0.717, 1.165) is 11.4 Å². The van der Waals surface area contributed by atoms with Gasteiger partial charge >= 0.3 is 0 Å². The van der Waals surface area contributed by atoms with E-state index in [9.17, 15) is 0 Å². The van der Waals surface area contributed by atoms with Crippen LogP contribution in [-0.4, -0.2) is 9.13 Å². The highest BCUT2D eigenvalue weighted by atomic mass is 32.1. The molecule has 0 aliphatic carbocycles. The first-order valence-electron chi connectivity index (χ1n) is 19.5. The number of hydrogen-bond acceptors (Lipinski definition) is 1. The van der Waals surface area contributed by atoms with Crippen molar-refractivity contribution in [2.24, 2.45) is 0 Å². The number of benzene rings is 9. The molecular formula is C54H34N2S. The third-order valence-electron chi connectivity index (χ3n) is 11.7. The predicted octanol–water partition coefficient (Wildman–Crippen LogP) is 15.2. The fourth-order valence-corrected chi connectivity index (χ4v) is 10.3. The quantitative estimate of drug-likeness (QED) is 0.166. The van der Waals surface area contributed by atoms with Gasteiger partial charge in [-0.25, -0.2) is 0 Å². The van der Waals surface area contributed by atoms with Crippen molar-refractivity contribution in [3.05, 3.63) is 206 Å². The van der Waals surface area contributed by atoms with Gasteiger partial charge < -0.3 is 9.13 Å². The highest BCUT2D eigenvalue weighted by Crippen LogP contribution is 2.42. The van der Waals surface area contributed by atoms with Crippen LogP contribution in [0.3, 0.4) is 0 Å². The van der Waals surface area contributed by atoms with Crippen LogP contribution in [0.25, 0.3) is 109 Å². The molecule has 3 heterocycles. The van der Waals surface area contributed by atoms with Crippen molar-refractivity contribution in [3.63, 3.8) is 0 Å². The molecule has 12 aromatic rings. The van der Waals surface area contributed by atoms with E-state index >= 15 is 0 Å². The first kappa shape index (κ1) is 32.1. The maximum Gasteiger partial charge on any atom is 0.0541 e. The number of aromatic nitrogens is 2. The van der Waals surface area contributed by atoms with Gasteiger partial charge in [0, 0.05) is 53.1 Å². The van der Waals surface area contributed by atoms with E-state index in [-0.39, 0.29) is 0 Å². The van der Waals surface area contributed by atoms with Gasteiger partial charge in [-0.2, -0.15) is 0 Å². The molecule has 0 atom stereocenters. The molecular weight excluding hydrogens is 709 g/mol. The van der Waals surface area contributed by atoms with Crippen molar-refractivity contribution in [3.8, 4) is 44.8 Å². The molecule has 0 aliphatic rings. The minimum absolute atomic E-state index is 1.16. The Bertz CT molecular complexity index is 3510. The van der Waals surface area contributed by atoms with Crippen LogP contribution in [0.4, 0.5) is 0 Å². The lowest BCUT2D eigenvalue weighted by Crippen LogP contribution is -1.94. The molecule has 0 unspecified atom stereocenters. The lowest BCUT2D eigenvalue weighted by atomic mass is 9.99. The van der Waals surface area contributed by atoms with Crippen molar-refractivity contribution < 1.29 is 0 Å². The van der Waals surface area contributed by atoms with Crippen LogP contribution in [0, 0.1) is 0 Å². The average Bonchev–Trinajstić information content (AvgIpc) is 3.94. The lowest BCUT2D eigenvalue weighted by molar-refractivity contribution is 1.18. The largest absolute Gasteiger partial charge is 0.309 e. The number of nitrogens with zero attached hydrogens (tertiary/aromatic N) is 2. The Morgan fingerprint density at radius 1 is 0.281 bits per heavy atom. The summed E-state index contributed by atoms with van der Waals surface area (Å²) in [5.41, 5.74) is 14.5. The van der Waals surface area contributed by atoms with Crippen molar-refractivity contribution in [1.82, 2.24) is 9.13 Å². The summed E-state index contributed by atoms with van der Waals surface area (Å²) < 4.78 is 7.48. The minimum Gasteiger partial charge on any atom is -0.309 e. The highest BCUT2D eigenvalue weighted by Gasteiger charge is 2.17. The van der Waals surface area contributed by atoms with Crippen LogP contribution in [0.2, 0.25) is 0 Å². The Labute approximate surface area is 333 Å². The monoisotopic (exact) mass is 742 g/mol. The van der Waals surface area contributed by atoms with Gasteiger partial charge in [0.05, 0.1) is 22.1 Å². The summed E-state index contributed by atoms with van der Waals surface area (Å²) in [7, 11) is 0. The summed E-state index contributed by atoms with van der Waals surface area (Å²) in [5.74, 6) is 0. The van der Waals surface area contributed by atoms with E-state index in [1.54, 1.807) is 0 Å². The summed E-state index contributed by atoms with van der Waals surface area (Å²) >= 11 is 1.87. The smallest absolute Gasteiger partial charge is 0.0541 e. The molecule has 0 amide bonds. The Hall–Kier alpha value is -7.20. The van der Waals surface area contributed by atoms with Crippen molar-refractivity contribution in [1.29, 1.82) is 0 Å². The fourth-order valence-electron chi connectivity index (χ4n) is 9.12. The summed E-state index contributed by atoms with van der Waals surface area (Å²) in [6.45, 7) is 0. The number of hydrogen-bond donors (Lipinski definition) is 0. The average molecular weight is 743 g/mol. The third kappa shape index (κ3) is 5.03. The molecule has 266 valence electrons. The molecule has 57 heavy (non-hydrogen) atoms. The van der Waals surface area contributed by atoms with E-state index in [1.165, 1.54) is 97.2 Å². The molecule has 12 rings (SSSR count). The molecule has 3 heteroatoms. The van der Waals surface area contributed by atoms with Crippen LogP contribution in [0.15, 0.2) is 206 Å². The molecule has 3 aromatic heterocycles. The zero-order chi connectivity index (χ0) is 37.5. The van der Waals surface area contributed by atoms with Crippen molar-refractivity contribution in [2.75, 3.05) is 0 Å². The van der Waals surface area contributed by atoms with E-state index < -0.39 is 0 Å². The second kappa shape index (κ2) is 12.7. The van der Waals surface area contributed by atoms with E-state index in [1.807, 2.05) is 11.3 Å². The first-order valence-corrected chi connectivity index (χ1v) is 20.3. The molecule has 0 fully saturated rings. The van der Waals surface area contributed by atoms with E-state index in [2.05, 4.69) is 215 Å². The third-order valence-corrected chi connectivity index (χ3v) is 12.9. The van der Waals surface area contributed by atoms with Crippen LogP contribution in [0.5, 0.6) is 0 Å². The molecule has 0 saturated carbocycles. The standard InChI is InChI=1S/C54H34N2S/c1-2-12-35(13-3-1)36-24-28-40(29-25-36)55-48-20-7-4-16-43(48)46-33-37(26-30-50(46)55)38-27-31-51-47(34-38)44-17-5-8-21-49(44)56(51)41-15-10-14-39(32-41)42-19-11-23-53-54(42)45-18-6-9-22-52(45)57-53/h1-34H. The zero-order valence-corrected chi connectivity index (χ0v) is 31.7. The second-order valence-electron chi connectivity index (χ2n) is 14.9. The normalized spacial score (nSPS) is 11.9. The molecule has 0 bridgehead atoms. The molecule has 2 nitrogen and oxygen atoms in total. The number of para-hydroxylation sites is 2. The Balaban J connectivity index is 0.980. The molecule has 0 aliphatic heterocycles. The Morgan fingerprint density at radius 3 is 1.49 bits per heavy atom. The Kier molecular flexibility index (Phi) is 7.13. The highest BCUT2D eigenvalue weighted by molar-refractivity contribution is 7.25. The summed E-state index contributed by atoms with van der Waals surface area (Å²) in [6, 6.07) is 75.6. The number of fused-ring (bicyclic) bond motifs is 9. The van der Waals surface area contributed by atoms with Gasteiger partial charge in [0.15, 0.2) is 0 Å². The summed E-state index contributed by atoms with van der Waals surface area (Å²) in [6.07, 6.45) is 0. The molecule has 0 spiro atoms. The van der Waals surface area contributed by atoms with E-state index in [4.69, 9.17) is 0 Å². The minimum atomic E-state index is 1.16. The summed E-state index contributed by atoms with van der Waals surface area (Å²) in [4.78, 5) is 0. The van der Waals surface area contributed by atoms with Gasteiger partial charge in [-0.15, -0.1) is 11.3 Å². The topological polar surface area (TPSA) is 9.86 Å². The van der Waals surface area contributed by atoms with E-state index in [0.29, 0.717) is 0 Å². The van der Waals surface area contributed by atoms with Crippen LogP contribution in [0.1, 0.15) is 0 Å². The van der Waals surface area contributed by atoms with Gasteiger partial charge in [-0.1, -0.05) is 133 Å². The summed E-state index contributed by atoms with van der Waals surface area (Å²) in [5, 5.41) is 7.67. The first-order chi connectivity index (χ1) is 28.3. The van der Waals surface area contributed by atoms with Crippen LogP contribution >= 0.6 is 11.3 Å².